The van der Waals surface area contributed by atoms with Gasteiger partial charge in [0.1, 0.15) is 6.61 Å². The molecule has 0 radical (unpaired) electrons. The molecule has 1 aliphatic heterocycles. The molecule has 148 valence electrons. The van der Waals surface area contributed by atoms with Gasteiger partial charge in [-0.05, 0) is 75.8 Å². The summed E-state index contributed by atoms with van der Waals surface area (Å²) in [4.78, 5) is 26.7. The number of carbonyl (C=O) groups is 2. The van der Waals surface area contributed by atoms with E-state index in [1.807, 2.05) is 12.1 Å². The third-order valence-corrected chi connectivity index (χ3v) is 5.90. The van der Waals surface area contributed by atoms with Crippen LogP contribution < -0.4 is 9.47 Å². The van der Waals surface area contributed by atoms with E-state index in [-0.39, 0.29) is 24.3 Å². The molecule has 1 fully saturated rings. The van der Waals surface area contributed by atoms with E-state index >= 15 is 0 Å². The van der Waals surface area contributed by atoms with Crippen LogP contribution in [0.4, 0.5) is 4.79 Å². The van der Waals surface area contributed by atoms with Crippen molar-refractivity contribution < 1.29 is 19.1 Å². The molecule has 1 aliphatic rings. The number of thioether (sulfide) groups is 1. The van der Waals surface area contributed by atoms with Gasteiger partial charge in [-0.2, -0.15) is 0 Å². The molecule has 0 unspecified atom stereocenters. The second-order valence-corrected chi connectivity index (χ2v) is 8.52. The predicted molar refractivity (Wildman–Crippen MR) is 123 cm³/mol. The molecule has 5 nitrogen and oxygen atoms in total. The number of hydrogen-bond donors (Lipinski definition) is 0. The number of benzene rings is 2. The van der Waals surface area contributed by atoms with Crippen molar-refractivity contribution in [1.82, 2.24) is 4.90 Å². The van der Waals surface area contributed by atoms with Crippen LogP contribution in [0.5, 0.6) is 11.5 Å². The van der Waals surface area contributed by atoms with Gasteiger partial charge < -0.3 is 9.47 Å². The van der Waals surface area contributed by atoms with Crippen molar-refractivity contribution in [2.45, 2.75) is 6.54 Å². The summed E-state index contributed by atoms with van der Waals surface area (Å²) in [7, 11) is 1.52. The molecule has 0 spiro atoms. The zero-order valence-corrected chi connectivity index (χ0v) is 19.0. The molecule has 2 aromatic carbocycles. The molecular weight excluding hydrogens is 525 g/mol. The largest absolute Gasteiger partial charge is 0.493 e. The highest BCUT2D eigenvalue weighted by molar-refractivity contribution is 14.1. The fraction of sp³-hybridized carbons (Fsp3) is 0.143. The molecule has 0 aliphatic carbocycles. The van der Waals surface area contributed by atoms with Gasteiger partial charge in [0.25, 0.3) is 11.1 Å². The SMILES string of the molecule is C#CCOc1c(I)cc(/C=C2\SC(=O)N(Cc3cccc(Cl)c3)C2=O)cc1OC. The number of terminal acetylenes is 1. The summed E-state index contributed by atoms with van der Waals surface area (Å²) >= 11 is 9.00. The first-order chi connectivity index (χ1) is 13.9. The van der Waals surface area contributed by atoms with Crippen LogP contribution in [0.25, 0.3) is 6.08 Å². The summed E-state index contributed by atoms with van der Waals surface area (Å²) in [6.45, 7) is 0.288. The lowest BCUT2D eigenvalue weighted by Crippen LogP contribution is -2.27. The van der Waals surface area contributed by atoms with E-state index in [4.69, 9.17) is 27.5 Å². The van der Waals surface area contributed by atoms with Crippen molar-refractivity contribution >= 4 is 63.2 Å². The van der Waals surface area contributed by atoms with Gasteiger partial charge in [0.2, 0.25) is 0 Å². The van der Waals surface area contributed by atoms with E-state index in [0.29, 0.717) is 27.0 Å². The number of carbonyl (C=O) groups excluding carboxylic acids is 2. The third-order valence-electron chi connectivity index (χ3n) is 3.95. The standard InChI is InChI=1S/C21H15ClINO4S/c1-3-7-28-19-16(23)9-14(10-17(19)27-2)11-18-20(25)24(21(26)29-18)12-13-5-4-6-15(22)8-13/h1,4-6,8-11H,7,12H2,2H3/b18-11-. The van der Waals surface area contributed by atoms with Gasteiger partial charge in [-0.15, -0.1) is 6.42 Å². The third kappa shape index (κ3) is 5.07. The molecular formula is C21H15ClINO4S. The molecule has 29 heavy (non-hydrogen) atoms. The topological polar surface area (TPSA) is 55.8 Å². The van der Waals surface area contributed by atoms with E-state index < -0.39 is 0 Å². The molecule has 1 saturated heterocycles. The highest BCUT2D eigenvalue weighted by atomic mass is 127. The normalized spacial score (nSPS) is 15.0. The van der Waals surface area contributed by atoms with Crippen LogP contribution in [0.2, 0.25) is 5.02 Å². The molecule has 1 heterocycles. The van der Waals surface area contributed by atoms with Crippen molar-refractivity contribution in [1.29, 1.82) is 0 Å². The van der Waals surface area contributed by atoms with E-state index in [2.05, 4.69) is 28.5 Å². The predicted octanol–water partition coefficient (Wildman–Crippen LogP) is 5.20. The average Bonchev–Trinajstić information content (AvgIpc) is 2.94. The number of hydrogen-bond acceptors (Lipinski definition) is 5. The Labute approximate surface area is 191 Å². The number of rotatable bonds is 6. The van der Waals surface area contributed by atoms with Crippen molar-refractivity contribution in [2.24, 2.45) is 0 Å². The zero-order chi connectivity index (χ0) is 21.0. The van der Waals surface area contributed by atoms with Gasteiger partial charge in [-0.1, -0.05) is 29.7 Å². The number of methoxy groups -OCH3 is 1. The molecule has 0 bridgehead atoms. The van der Waals surface area contributed by atoms with Crippen LogP contribution in [-0.4, -0.2) is 29.8 Å². The summed E-state index contributed by atoms with van der Waals surface area (Å²) < 4.78 is 11.7. The van der Waals surface area contributed by atoms with Crippen molar-refractivity contribution in [2.75, 3.05) is 13.7 Å². The minimum atomic E-state index is -0.346. The summed E-state index contributed by atoms with van der Waals surface area (Å²) in [5.41, 5.74) is 1.50. The molecule has 2 amide bonds. The smallest absolute Gasteiger partial charge is 0.293 e. The Kier molecular flexibility index (Phi) is 7.11. The second-order valence-electron chi connectivity index (χ2n) is 5.92. The molecule has 0 aromatic heterocycles. The quantitative estimate of drug-likeness (QED) is 0.287. The van der Waals surface area contributed by atoms with Crippen LogP contribution >= 0.6 is 46.0 Å². The Hall–Kier alpha value is -2.15. The summed E-state index contributed by atoms with van der Waals surface area (Å²) in [6.07, 6.45) is 6.91. The maximum absolute atomic E-state index is 12.8. The van der Waals surface area contributed by atoms with Crippen LogP contribution in [0.15, 0.2) is 41.3 Å². The lowest BCUT2D eigenvalue weighted by Gasteiger charge is -2.13. The second kappa shape index (κ2) is 9.57. The molecule has 0 atom stereocenters. The first-order valence-corrected chi connectivity index (χ1v) is 10.6. The zero-order valence-electron chi connectivity index (χ0n) is 15.3. The Balaban J connectivity index is 1.85. The number of imide groups is 1. The van der Waals surface area contributed by atoms with E-state index in [9.17, 15) is 9.59 Å². The first kappa shape index (κ1) is 21.6. The number of ether oxygens (including phenoxy) is 2. The fourth-order valence-electron chi connectivity index (χ4n) is 2.68. The molecule has 3 rings (SSSR count). The maximum atomic E-state index is 12.8. The molecule has 0 saturated carbocycles. The van der Waals surface area contributed by atoms with Crippen LogP contribution in [0.1, 0.15) is 11.1 Å². The average molecular weight is 540 g/mol. The van der Waals surface area contributed by atoms with Crippen molar-refractivity contribution in [3.05, 3.63) is 61.0 Å². The molecule has 8 heteroatoms. The monoisotopic (exact) mass is 539 g/mol. The summed E-state index contributed by atoms with van der Waals surface area (Å²) in [5, 5.41) is 0.232. The van der Waals surface area contributed by atoms with Gasteiger partial charge in [-0.25, -0.2) is 0 Å². The Morgan fingerprint density at radius 2 is 2.10 bits per heavy atom. The minimum absolute atomic E-state index is 0.119. The van der Waals surface area contributed by atoms with Crippen LogP contribution in [0, 0.1) is 15.9 Å². The Morgan fingerprint density at radius 3 is 2.79 bits per heavy atom. The van der Waals surface area contributed by atoms with Gasteiger partial charge in [0.15, 0.2) is 11.5 Å². The number of nitrogens with zero attached hydrogens (tertiary/aromatic N) is 1. The van der Waals surface area contributed by atoms with Gasteiger partial charge in [0.05, 0.1) is 22.1 Å². The Bertz CT molecular complexity index is 1050. The number of amides is 2. The van der Waals surface area contributed by atoms with Gasteiger partial charge in [-0.3, -0.25) is 14.5 Å². The molecule has 2 aromatic rings. The Morgan fingerprint density at radius 1 is 1.31 bits per heavy atom. The van der Waals surface area contributed by atoms with E-state index in [0.717, 1.165) is 20.9 Å². The lowest BCUT2D eigenvalue weighted by atomic mass is 10.1. The first-order valence-electron chi connectivity index (χ1n) is 8.36. The van der Waals surface area contributed by atoms with Crippen LogP contribution in [0.3, 0.4) is 0 Å². The molecule has 0 N–H and O–H groups in total. The highest BCUT2D eigenvalue weighted by Crippen LogP contribution is 2.37. The van der Waals surface area contributed by atoms with Gasteiger partial charge in [0, 0.05) is 5.02 Å². The van der Waals surface area contributed by atoms with Crippen LogP contribution in [-0.2, 0) is 11.3 Å². The van der Waals surface area contributed by atoms with Gasteiger partial charge >= 0.3 is 0 Å². The lowest BCUT2D eigenvalue weighted by molar-refractivity contribution is -0.123. The van der Waals surface area contributed by atoms with Crippen molar-refractivity contribution in [3.63, 3.8) is 0 Å². The minimum Gasteiger partial charge on any atom is -0.493 e. The van der Waals surface area contributed by atoms with E-state index in [1.165, 1.54) is 12.0 Å². The summed E-state index contributed by atoms with van der Waals surface area (Å²) in [5.74, 6) is 3.10. The van der Waals surface area contributed by atoms with E-state index in [1.54, 1.807) is 30.3 Å². The number of halogens is 2. The fourth-order valence-corrected chi connectivity index (χ4v) is 4.51. The van der Waals surface area contributed by atoms with Crippen molar-refractivity contribution in [3.8, 4) is 23.8 Å². The highest BCUT2D eigenvalue weighted by Gasteiger charge is 2.35. The summed E-state index contributed by atoms with van der Waals surface area (Å²) in [6, 6.07) is 10.6. The maximum Gasteiger partial charge on any atom is 0.293 e.